The zero-order valence-corrected chi connectivity index (χ0v) is 19.6. The van der Waals surface area contributed by atoms with Gasteiger partial charge in [-0.2, -0.15) is 0 Å². The van der Waals surface area contributed by atoms with Crippen molar-refractivity contribution in [1.29, 1.82) is 0 Å². The topological polar surface area (TPSA) is 78.5 Å². The molecule has 4 rings (SSSR count). The van der Waals surface area contributed by atoms with Crippen LogP contribution in [0.15, 0.2) is 48.5 Å². The van der Waals surface area contributed by atoms with Crippen molar-refractivity contribution in [2.45, 2.75) is 57.5 Å². The first-order chi connectivity index (χ1) is 16.4. The van der Waals surface area contributed by atoms with E-state index in [9.17, 15) is 18.8 Å². The largest absolute Gasteiger partial charge is 0.351 e. The van der Waals surface area contributed by atoms with E-state index in [4.69, 9.17) is 0 Å². The van der Waals surface area contributed by atoms with Crippen LogP contribution in [0.4, 0.5) is 4.39 Å². The Hall–Kier alpha value is -3.22. The summed E-state index contributed by atoms with van der Waals surface area (Å²) < 4.78 is 13.2. The molecular formula is C27H32FN3O3. The van der Waals surface area contributed by atoms with E-state index in [2.05, 4.69) is 10.6 Å². The van der Waals surface area contributed by atoms with Gasteiger partial charge in [0.15, 0.2) is 0 Å². The van der Waals surface area contributed by atoms with Crippen LogP contribution in [-0.4, -0.2) is 47.8 Å². The predicted octanol–water partition coefficient (Wildman–Crippen LogP) is 3.84. The van der Waals surface area contributed by atoms with Crippen molar-refractivity contribution >= 4 is 17.7 Å². The number of likely N-dealkylation sites (tertiary alicyclic amines) is 1. The molecule has 0 unspecified atom stereocenters. The molecule has 2 aromatic carbocycles. The maximum atomic E-state index is 13.2. The van der Waals surface area contributed by atoms with Crippen molar-refractivity contribution in [3.05, 3.63) is 71.0 Å². The SMILES string of the molecule is Cc1ccc(C(=O)N2CCC[C@@H](C(=O)N[C@@H]3CCCC[C@H]3NC(=O)c3ccc(F)cc3)C2)cc1. The number of hydrogen-bond donors (Lipinski definition) is 2. The number of aryl methyl sites for hydroxylation is 1. The number of hydrogen-bond acceptors (Lipinski definition) is 3. The van der Waals surface area contributed by atoms with Crippen LogP contribution in [0.1, 0.15) is 64.8 Å². The minimum atomic E-state index is -0.387. The van der Waals surface area contributed by atoms with Crippen molar-refractivity contribution in [2.24, 2.45) is 5.92 Å². The van der Waals surface area contributed by atoms with Gasteiger partial charge in [-0.15, -0.1) is 0 Å². The van der Waals surface area contributed by atoms with E-state index in [-0.39, 0.29) is 41.5 Å². The molecule has 0 radical (unpaired) electrons. The summed E-state index contributed by atoms with van der Waals surface area (Å²) in [6.07, 6.45) is 5.05. The third-order valence-electron chi connectivity index (χ3n) is 6.89. The van der Waals surface area contributed by atoms with Crippen LogP contribution in [0.5, 0.6) is 0 Å². The Bertz CT molecular complexity index is 1020. The smallest absolute Gasteiger partial charge is 0.253 e. The second-order valence-corrected chi connectivity index (χ2v) is 9.44. The Balaban J connectivity index is 1.36. The molecule has 0 aromatic heterocycles. The molecule has 34 heavy (non-hydrogen) atoms. The molecule has 1 saturated heterocycles. The number of amides is 3. The highest BCUT2D eigenvalue weighted by Crippen LogP contribution is 2.23. The van der Waals surface area contributed by atoms with Gasteiger partial charge in [0, 0.05) is 36.3 Å². The summed E-state index contributed by atoms with van der Waals surface area (Å²) in [6.45, 7) is 3.03. The Labute approximate surface area is 199 Å². The molecule has 1 heterocycles. The van der Waals surface area contributed by atoms with Crippen LogP contribution < -0.4 is 10.6 Å². The summed E-state index contributed by atoms with van der Waals surface area (Å²) in [5.74, 6) is -1.02. The third kappa shape index (κ3) is 5.82. The number of nitrogens with one attached hydrogen (secondary N) is 2. The zero-order valence-electron chi connectivity index (χ0n) is 19.6. The molecule has 1 aliphatic carbocycles. The van der Waals surface area contributed by atoms with Gasteiger partial charge < -0.3 is 15.5 Å². The van der Waals surface area contributed by atoms with Crippen molar-refractivity contribution in [2.75, 3.05) is 13.1 Å². The standard InChI is InChI=1S/C27H32FN3O3/c1-18-8-10-20(11-9-18)27(34)31-16-4-5-21(17-31)26(33)30-24-7-3-2-6-23(24)29-25(32)19-12-14-22(28)15-13-19/h8-15,21,23-24H,2-7,16-17H2,1H3,(H,29,32)(H,30,33)/t21-,23-,24-/m1/s1. The molecule has 3 atom stereocenters. The lowest BCUT2D eigenvalue weighted by Crippen LogP contribution is -2.55. The molecule has 2 N–H and O–H groups in total. The number of halogens is 1. The van der Waals surface area contributed by atoms with Gasteiger partial charge in [0.1, 0.15) is 5.82 Å². The molecule has 180 valence electrons. The molecule has 7 heteroatoms. The average Bonchev–Trinajstić information content (AvgIpc) is 2.85. The molecule has 0 spiro atoms. The van der Waals surface area contributed by atoms with Gasteiger partial charge in [-0.3, -0.25) is 14.4 Å². The summed E-state index contributed by atoms with van der Waals surface area (Å²) in [5, 5.41) is 6.19. The molecular weight excluding hydrogens is 433 g/mol. The van der Waals surface area contributed by atoms with E-state index in [0.717, 1.165) is 44.1 Å². The van der Waals surface area contributed by atoms with Gasteiger partial charge in [0.2, 0.25) is 5.91 Å². The van der Waals surface area contributed by atoms with E-state index in [0.29, 0.717) is 24.2 Å². The molecule has 1 saturated carbocycles. The fraction of sp³-hybridized carbons (Fsp3) is 0.444. The highest BCUT2D eigenvalue weighted by Gasteiger charge is 2.33. The highest BCUT2D eigenvalue weighted by atomic mass is 19.1. The van der Waals surface area contributed by atoms with Crippen LogP contribution >= 0.6 is 0 Å². The minimum Gasteiger partial charge on any atom is -0.351 e. The maximum absolute atomic E-state index is 13.2. The molecule has 6 nitrogen and oxygen atoms in total. The number of rotatable bonds is 5. The van der Waals surface area contributed by atoms with Gasteiger partial charge in [-0.1, -0.05) is 30.5 Å². The fourth-order valence-corrected chi connectivity index (χ4v) is 4.88. The lowest BCUT2D eigenvalue weighted by molar-refractivity contribution is -0.127. The Kier molecular flexibility index (Phi) is 7.60. The van der Waals surface area contributed by atoms with E-state index in [1.54, 1.807) is 4.90 Å². The summed E-state index contributed by atoms with van der Waals surface area (Å²) in [7, 11) is 0. The lowest BCUT2D eigenvalue weighted by atomic mass is 9.88. The highest BCUT2D eigenvalue weighted by molar-refractivity contribution is 5.95. The predicted molar refractivity (Wildman–Crippen MR) is 128 cm³/mol. The first-order valence-electron chi connectivity index (χ1n) is 12.1. The van der Waals surface area contributed by atoms with E-state index in [1.165, 1.54) is 24.3 Å². The second-order valence-electron chi connectivity index (χ2n) is 9.44. The Morgan fingerprint density at radius 2 is 1.44 bits per heavy atom. The van der Waals surface area contributed by atoms with Crippen LogP contribution in [0.2, 0.25) is 0 Å². The maximum Gasteiger partial charge on any atom is 0.253 e. The molecule has 1 aliphatic heterocycles. The van der Waals surface area contributed by atoms with Crippen molar-refractivity contribution < 1.29 is 18.8 Å². The molecule has 2 aliphatic rings. The molecule has 3 amide bonds. The zero-order chi connectivity index (χ0) is 24.1. The molecule has 0 bridgehead atoms. The monoisotopic (exact) mass is 465 g/mol. The van der Waals surface area contributed by atoms with Gasteiger partial charge in [0.05, 0.1) is 5.92 Å². The number of carbonyl (C=O) groups excluding carboxylic acids is 3. The molecule has 2 fully saturated rings. The third-order valence-corrected chi connectivity index (χ3v) is 6.89. The summed E-state index contributed by atoms with van der Waals surface area (Å²) in [5.41, 5.74) is 2.14. The van der Waals surface area contributed by atoms with Crippen LogP contribution in [-0.2, 0) is 4.79 Å². The Morgan fingerprint density at radius 3 is 2.12 bits per heavy atom. The first-order valence-corrected chi connectivity index (χ1v) is 12.1. The van der Waals surface area contributed by atoms with Crippen LogP contribution in [0, 0.1) is 18.7 Å². The quantitative estimate of drug-likeness (QED) is 0.704. The lowest BCUT2D eigenvalue weighted by Gasteiger charge is -2.36. The fourth-order valence-electron chi connectivity index (χ4n) is 4.88. The van der Waals surface area contributed by atoms with Gasteiger partial charge in [-0.05, 0) is 69.0 Å². The van der Waals surface area contributed by atoms with Gasteiger partial charge in [0.25, 0.3) is 11.8 Å². The van der Waals surface area contributed by atoms with Crippen molar-refractivity contribution in [3.8, 4) is 0 Å². The van der Waals surface area contributed by atoms with Crippen molar-refractivity contribution in [1.82, 2.24) is 15.5 Å². The first kappa shape index (κ1) is 23.9. The van der Waals surface area contributed by atoms with Gasteiger partial charge in [-0.25, -0.2) is 4.39 Å². The number of carbonyl (C=O) groups is 3. The van der Waals surface area contributed by atoms with E-state index in [1.807, 2.05) is 31.2 Å². The van der Waals surface area contributed by atoms with Gasteiger partial charge >= 0.3 is 0 Å². The summed E-state index contributed by atoms with van der Waals surface area (Å²) in [4.78, 5) is 40.5. The number of benzene rings is 2. The Morgan fingerprint density at radius 1 is 0.824 bits per heavy atom. The van der Waals surface area contributed by atoms with E-state index < -0.39 is 0 Å². The molecule has 2 aromatic rings. The normalized spacial score (nSPS) is 22.6. The van der Waals surface area contributed by atoms with Crippen LogP contribution in [0.3, 0.4) is 0 Å². The second kappa shape index (κ2) is 10.8. The number of nitrogens with zero attached hydrogens (tertiary/aromatic N) is 1. The summed E-state index contributed by atoms with van der Waals surface area (Å²) >= 11 is 0. The number of piperidine rings is 1. The summed E-state index contributed by atoms with van der Waals surface area (Å²) in [6, 6.07) is 12.6. The van der Waals surface area contributed by atoms with Crippen LogP contribution in [0.25, 0.3) is 0 Å². The minimum absolute atomic E-state index is 0.0420. The average molecular weight is 466 g/mol. The van der Waals surface area contributed by atoms with E-state index >= 15 is 0 Å². The van der Waals surface area contributed by atoms with Crippen molar-refractivity contribution in [3.63, 3.8) is 0 Å².